The van der Waals surface area contributed by atoms with Gasteiger partial charge in [-0.15, -0.1) is 0 Å². The second-order valence-corrected chi connectivity index (χ2v) is 14.8. The summed E-state index contributed by atoms with van der Waals surface area (Å²) in [6, 6.07) is -0.545. The second kappa shape index (κ2) is 15.4. The first-order valence-corrected chi connectivity index (χ1v) is 17.2. The van der Waals surface area contributed by atoms with E-state index in [1.807, 2.05) is 18.7 Å². The minimum atomic E-state index is -1.25. The lowest BCUT2D eigenvalue weighted by Gasteiger charge is -2.57. The quantitative estimate of drug-likeness (QED) is 0.221. The van der Waals surface area contributed by atoms with Crippen LogP contribution in [0.25, 0.3) is 0 Å². The number of carbonyl (C=O) groups is 3. The number of aliphatic carboxylic acids is 1. The van der Waals surface area contributed by atoms with Crippen LogP contribution in [0.5, 0.6) is 0 Å². The molecule has 0 spiro atoms. The molecule has 9 heteroatoms. The van der Waals surface area contributed by atoms with Crippen LogP contribution in [-0.4, -0.2) is 58.9 Å². The SMILES string of the molecule is CCCCCCCCCCC1(N(C(N)=O)C2(C(CNC(=O)C3OC(C)(C)OCC3(C)C)C(=O)[O-])CCCCC2)CCCC1. The molecular formula is C34H60N3O6-. The summed E-state index contributed by atoms with van der Waals surface area (Å²) in [5, 5.41) is 15.9. The van der Waals surface area contributed by atoms with Crippen molar-refractivity contribution < 1.29 is 29.0 Å². The number of ether oxygens (including phenoxy) is 2. The molecule has 3 rings (SSSR count). The van der Waals surface area contributed by atoms with Crippen molar-refractivity contribution in [2.45, 2.75) is 173 Å². The third-order valence-corrected chi connectivity index (χ3v) is 10.4. The predicted molar refractivity (Wildman–Crippen MR) is 166 cm³/mol. The number of rotatable bonds is 16. The molecule has 3 fully saturated rings. The fourth-order valence-electron chi connectivity index (χ4n) is 8.13. The average Bonchev–Trinajstić information content (AvgIpc) is 3.41. The van der Waals surface area contributed by atoms with Gasteiger partial charge in [-0.2, -0.15) is 0 Å². The van der Waals surface area contributed by atoms with Crippen molar-refractivity contribution in [2.75, 3.05) is 13.2 Å². The Hall–Kier alpha value is -1.87. The molecule has 0 bridgehead atoms. The second-order valence-electron chi connectivity index (χ2n) is 14.8. The first kappa shape index (κ1) is 35.6. The summed E-state index contributed by atoms with van der Waals surface area (Å²) < 4.78 is 11.8. The van der Waals surface area contributed by atoms with E-state index in [4.69, 9.17) is 15.2 Å². The van der Waals surface area contributed by atoms with Gasteiger partial charge in [0.05, 0.1) is 12.1 Å². The van der Waals surface area contributed by atoms with Gasteiger partial charge in [-0.3, -0.25) is 4.79 Å². The highest BCUT2D eigenvalue weighted by molar-refractivity contribution is 5.83. The lowest BCUT2D eigenvalue weighted by atomic mass is 9.68. The highest BCUT2D eigenvalue weighted by Crippen LogP contribution is 2.49. The first-order chi connectivity index (χ1) is 20.3. The molecular weight excluding hydrogens is 546 g/mol. The molecule has 3 N–H and O–H groups in total. The molecule has 1 heterocycles. The van der Waals surface area contributed by atoms with Crippen molar-refractivity contribution in [3.63, 3.8) is 0 Å². The van der Waals surface area contributed by atoms with Crippen LogP contribution in [0.1, 0.15) is 150 Å². The van der Waals surface area contributed by atoms with E-state index in [0.29, 0.717) is 19.4 Å². The van der Waals surface area contributed by atoms with E-state index >= 15 is 0 Å². The van der Waals surface area contributed by atoms with Gasteiger partial charge in [0.1, 0.15) is 6.10 Å². The Morgan fingerprint density at radius 2 is 1.44 bits per heavy atom. The summed E-state index contributed by atoms with van der Waals surface area (Å²) in [6.07, 6.45) is 16.9. The van der Waals surface area contributed by atoms with Gasteiger partial charge in [-0.05, 0) is 46.0 Å². The van der Waals surface area contributed by atoms with Crippen molar-refractivity contribution in [3.8, 4) is 0 Å². The van der Waals surface area contributed by atoms with Gasteiger partial charge in [0.2, 0.25) is 5.91 Å². The Balaban J connectivity index is 1.82. The largest absolute Gasteiger partial charge is 0.550 e. The number of carboxylic acids is 1. The monoisotopic (exact) mass is 606 g/mol. The number of nitrogens with zero attached hydrogens (tertiary/aromatic N) is 1. The van der Waals surface area contributed by atoms with Gasteiger partial charge in [-0.25, -0.2) is 4.79 Å². The van der Waals surface area contributed by atoms with E-state index in [1.54, 1.807) is 13.8 Å². The fraction of sp³-hybridized carbons (Fsp3) is 0.912. The molecule has 1 aliphatic heterocycles. The van der Waals surface area contributed by atoms with E-state index in [1.165, 1.54) is 38.5 Å². The van der Waals surface area contributed by atoms with Gasteiger partial charge < -0.3 is 35.3 Å². The number of carboxylic acid groups (broad SMARTS) is 1. The van der Waals surface area contributed by atoms with Gasteiger partial charge in [0.15, 0.2) is 5.79 Å². The molecule has 2 atom stereocenters. The Morgan fingerprint density at radius 3 is 2.00 bits per heavy atom. The molecule has 43 heavy (non-hydrogen) atoms. The molecule has 0 aromatic carbocycles. The summed E-state index contributed by atoms with van der Waals surface area (Å²) in [7, 11) is 0. The topological polar surface area (TPSA) is 134 Å². The standard InChI is InChI=1S/C34H61N3O6/c1-6-7-8-9-10-11-12-14-19-33(20-17-18-21-33)37(30(35)41)34(22-15-13-16-23-34)26(29(39)40)24-36-28(38)27-31(2,3)25-42-32(4,5)43-27/h26-27H,6-25H2,1-5H3,(H2,35,41)(H,36,38)(H,39,40)/p-1. The van der Waals surface area contributed by atoms with Crippen LogP contribution in [-0.2, 0) is 19.1 Å². The predicted octanol–water partition coefficient (Wildman–Crippen LogP) is 5.57. The zero-order chi connectivity index (χ0) is 31.7. The highest BCUT2D eigenvalue weighted by atomic mass is 16.7. The zero-order valence-electron chi connectivity index (χ0n) is 27.8. The molecule has 1 saturated heterocycles. The third kappa shape index (κ3) is 8.86. The molecule has 3 aliphatic rings. The third-order valence-electron chi connectivity index (χ3n) is 10.4. The van der Waals surface area contributed by atoms with Crippen molar-refractivity contribution in [3.05, 3.63) is 0 Å². The number of unbranched alkanes of at least 4 members (excludes halogenated alkanes) is 7. The number of carbonyl (C=O) groups excluding carboxylic acids is 3. The highest BCUT2D eigenvalue weighted by Gasteiger charge is 2.55. The number of primary amides is 1. The van der Waals surface area contributed by atoms with Gasteiger partial charge in [-0.1, -0.05) is 104 Å². The van der Waals surface area contributed by atoms with Crippen molar-refractivity contribution >= 4 is 17.9 Å². The molecule has 3 amide bonds. The summed E-state index contributed by atoms with van der Waals surface area (Å²) in [6.45, 7) is 9.75. The van der Waals surface area contributed by atoms with Crippen molar-refractivity contribution in [2.24, 2.45) is 17.1 Å². The van der Waals surface area contributed by atoms with E-state index < -0.39 is 46.3 Å². The van der Waals surface area contributed by atoms with Crippen LogP contribution in [0.3, 0.4) is 0 Å². The van der Waals surface area contributed by atoms with Gasteiger partial charge >= 0.3 is 6.03 Å². The summed E-state index contributed by atoms with van der Waals surface area (Å²) in [4.78, 5) is 41.8. The first-order valence-electron chi connectivity index (χ1n) is 17.2. The lowest BCUT2D eigenvalue weighted by Crippen LogP contribution is -2.70. The molecule has 2 aliphatic carbocycles. The fourth-order valence-corrected chi connectivity index (χ4v) is 8.13. The molecule has 2 saturated carbocycles. The Morgan fingerprint density at radius 1 is 0.884 bits per heavy atom. The summed E-state index contributed by atoms with van der Waals surface area (Å²) in [5.41, 5.74) is 4.18. The zero-order valence-corrected chi connectivity index (χ0v) is 27.8. The van der Waals surface area contributed by atoms with Crippen LogP contribution in [0.4, 0.5) is 4.79 Å². The summed E-state index contributed by atoms with van der Waals surface area (Å²) in [5.74, 6) is -3.64. The van der Waals surface area contributed by atoms with Crippen molar-refractivity contribution in [1.82, 2.24) is 10.2 Å². The van der Waals surface area contributed by atoms with Gasteiger partial charge in [0, 0.05) is 29.4 Å². The van der Waals surface area contributed by atoms with Crippen LogP contribution in [0.2, 0.25) is 0 Å². The Bertz CT molecular complexity index is 923. The number of urea groups is 1. The average molecular weight is 607 g/mol. The molecule has 0 aromatic rings. The normalized spacial score (nSPS) is 24.6. The minimum absolute atomic E-state index is 0.143. The number of nitrogens with one attached hydrogen (secondary N) is 1. The molecule has 9 nitrogen and oxygen atoms in total. The van der Waals surface area contributed by atoms with Crippen LogP contribution < -0.4 is 16.2 Å². The molecule has 248 valence electrons. The van der Waals surface area contributed by atoms with Crippen LogP contribution in [0, 0.1) is 11.3 Å². The molecule has 2 unspecified atom stereocenters. The number of amides is 3. The Kier molecular flexibility index (Phi) is 12.8. The van der Waals surface area contributed by atoms with E-state index in [2.05, 4.69) is 12.2 Å². The van der Waals surface area contributed by atoms with E-state index in [9.17, 15) is 19.5 Å². The van der Waals surface area contributed by atoms with Crippen LogP contribution >= 0.6 is 0 Å². The lowest BCUT2D eigenvalue weighted by molar-refractivity contribution is -0.316. The minimum Gasteiger partial charge on any atom is -0.550 e. The number of nitrogens with two attached hydrogens (primary N) is 1. The maximum absolute atomic E-state index is 13.5. The maximum Gasteiger partial charge on any atom is 0.315 e. The van der Waals surface area contributed by atoms with Crippen molar-refractivity contribution in [1.29, 1.82) is 0 Å². The molecule has 0 aromatic heterocycles. The Labute approximate surface area is 260 Å². The summed E-state index contributed by atoms with van der Waals surface area (Å²) >= 11 is 0. The van der Waals surface area contributed by atoms with E-state index in [-0.39, 0.29) is 12.5 Å². The van der Waals surface area contributed by atoms with Gasteiger partial charge in [0.25, 0.3) is 0 Å². The van der Waals surface area contributed by atoms with Crippen LogP contribution in [0.15, 0.2) is 0 Å². The molecule has 0 radical (unpaired) electrons. The number of hydrogen-bond acceptors (Lipinski definition) is 6. The van der Waals surface area contributed by atoms with E-state index in [0.717, 1.165) is 64.2 Å². The maximum atomic E-state index is 13.5. The smallest absolute Gasteiger partial charge is 0.315 e. The number of hydrogen-bond donors (Lipinski definition) is 2.